The average molecular weight is 319 g/mol. The molecule has 3 N–H and O–H groups in total. The number of aliphatic carboxylic acids is 1. The van der Waals surface area contributed by atoms with E-state index < -0.39 is 18.0 Å². The molecule has 2 atom stereocenters. The van der Waals surface area contributed by atoms with Gasteiger partial charge in [-0.25, -0.2) is 9.59 Å². The van der Waals surface area contributed by atoms with Crippen LogP contribution in [0.4, 0.5) is 4.79 Å². The van der Waals surface area contributed by atoms with Crippen LogP contribution in [0, 0.1) is 0 Å². The van der Waals surface area contributed by atoms with Crippen molar-refractivity contribution in [3.05, 3.63) is 0 Å². The molecular formula is C13H25N3O4S. The topological polar surface area (TPSA) is 90.9 Å². The van der Waals surface area contributed by atoms with Gasteiger partial charge in [0.15, 0.2) is 0 Å². The van der Waals surface area contributed by atoms with Gasteiger partial charge < -0.3 is 20.5 Å². The van der Waals surface area contributed by atoms with Crippen molar-refractivity contribution < 1.29 is 19.4 Å². The maximum atomic E-state index is 11.8. The van der Waals surface area contributed by atoms with E-state index in [1.807, 2.05) is 13.2 Å². The first-order valence-electron chi connectivity index (χ1n) is 7.11. The lowest BCUT2D eigenvalue weighted by Gasteiger charge is -2.29. The van der Waals surface area contributed by atoms with Gasteiger partial charge in [0.25, 0.3) is 0 Å². The van der Waals surface area contributed by atoms with Gasteiger partial charge in [0.2, 0.25) is 0 Å². The summed E-state index contributed by atoms with van der Waals surface area (Å²) in [5.74, 6) is -0.305. The van der Waals surface area contributed by atoms with E-state index in [0.717, 1.165) is 19.6 Å². The first-order valence-corrected chi connectivity index (χ1v) is 8.51. The lowest BCUT2D eigenvalue weighted by molar-refractivity contribution is -0.139. The number of nitrogens with zero attached hydrogens (tertiary/aromatic N) is 1. The highest BCUT2D eigenvalue weighted by Crippen LogP contribution is 2.02. The molecule has 0 bridgehead atoms. The van der Waals surface area contributed by atoms with Gasteiger partial charge >= 0.3 is 12.0 Å². The van der Waals surface area contributed by atoms with E-state index in [9.17, 15) is 9.59 Å². The number of urea groups is 1. The molecule has 0 aliphatic carbocycles. The lowest BCUT2D eigenvalue weighted by atomic mass is 10.2. The zero-order valence-corrected chi connectivity index (χ0v) is 13.4. The highest BCUT2D eigenvalue weighted by Gasteiger charge is 2.21. The van der Waals surface area contributed by atoms with Crippen LogP contribution in [0.1, 0.15) is 13.3 Å². The molecule has 0 spiro atoms. The molecule has 8 heteroatoms. The van der Waals surface area contributed by atoms with Crippen molar-refractivity contribution >= 4 is 23.8 Å². The van der Waals surface area contributed by atoms with Crippen LogP contribution in [-0.2, 0) is 9.53 Å². The summed E-state index contributed by atoms with van der Waals surface area (Å²) in [6.45, 7) is 5.80. The van der Waals surface area contributed by atoms with Gasteiger partial charge in [-0.05, 0) is 25.4 Å². The first kappa shape index (κ1) is 18.1. The summed E-state index contributed by atoms with van der Waals surface area (Å²) in [4.78, 5) is 25.1. The van der Waals surface area contributed by atoms with Crippen molar-refractivity contribution in [3.63, 3.8) is 0 Å². The molecule has 1 saturated heterocycles. The van der Waals surface area contributed by atoms with E-state index in [1.54, 1.807) is 11.8 Å². The van der Waals surface area contributed by atoms with Crippen LogP contribution in [0.15, 0.2) is 0 Å². The second-order valence-corrected chi connectivity index (χ2v) is 6.09. The molecule has 1 aliphatic rings. The normalized spacial score (nSPS) is 18.8. The Hall–Kier alpha value is -0.990. The van der Waals surface area contributed by atoms with Gasteiger partial charge in [-0.1, -0.05) is 0 Å². The largest absolute Gasteiger partial charge is 0.480 e. The van der Waals surface area contributed by atoms with Crippen LogP contribution >= 0.6 is 11.8 Å². The Balaban J connectivity index is 2.31. The van der Waals surface area contributed by atoms with E-state index in [0.29, 0.717) is 25.4 Å². The molecule has 0 aromatic heterocycles. The van der Waals surface area contributed by atoms with Crippen molar-refractivity contribution in [2.24, 2.45) is 0 Å². The third-order valence-electron chi connectivity index (χ3n) is 3.23. The summed E-state index contributed by atoms with van der Waals surface area (Å²) in [6, 6.07) is -1.31. The van der Waals surface area contributed by atoms with Crippen molar-refractivity contribution in [1.29, 1.82) is 0 Å². The number of carbonyl (C=O) groups is 2. The Morgan fingerprint density at radius 2 is 2.00 bits per heavy atom. The number of nitrogens with one attached hydrogen (secondary N) is 2. The van der Waals surface area contributed by atoms with Gasteiger partial charge in [0.1, 0.15) is 6.04 Å². The number of carboxylic acid groups (broad SMARTS) is 1. The molecule has 1 aliphatic heterocycles. The monoisotopic (exact) mass is 319 g/mol. The van der Waals surface area contributed by atoms with Crippen LogP contribution < -0.4 is 10.6 Å². The molecule has 2 amide bonds. The fraction of sp³-hybridized carbons (Fsp3) is 0.846. The number of amides is 2. The zero-order chi connectivity index (χ0) is 15.7. The van der Waals surface area contributed by atoms with Crippen LogP contribution in [0.3, 0.4) is 0 Å². The van der Waals surface area contributed by atoms with Crippen molar-refractivity contribution in [2.75, 3.05) is 44.9 Å². The molecule has 1 fully saturated rings. The molecule has 0 aromatic rings. The highest BCUT2D eigenvalue weighted by atomic mass is 32.2. The summed E-state index contributed by atoms with van der Waals surface area (Å²) in [7, 11) is 0. The highest BCUT2D eigenvalue weighted by molar-refractivity contribution is 7.98. The first-order chi connectivity index (χ1) is 10.0. The Morgan fingerprint density at radius 3 is 2.57 bits per heavy atom. The number of carbonyl (C=O) groups excluding carboxylic acids is 1. The Labute approximate surface area is 129 Å². The minimum atomic E-state index is -1.000. The minimum Gasteiger partial charge on any atom is -0.480 e. The van der Waals surface area contributed by atoms with Gasteiger partial charge in [0.05, 0.1) is 13.2 Å². The summed E-state index contributed by atoms with van der Waals surface area (Å²) in [6.07, 6.45) is 2.32. The Kier molecular flexibility index (Phi) is 8.48. The lowest BCUT2D eigenvalue weighted by Crippen LogP contribution is -2.52. The average Bonchev–Trinajstić information content (AvgIpc) is 2.44. The molecule has 21 heavy (non-hydrogen) atoms. The molecule has 0 radical (unpaired) electrons. The molecular weight excluding hydrogens is 294 g/mol. The number of ether oxygens (including phenoxy) is 1. The number of morpholine rings is 1. The molecule has 1 unspecified atom stereocenters. The predicted octanol–water partition coefficient (Wildman–Crippen LogP) is 0.213. The molecule has 1 rings (SSSR count). The van der Waals surface area contributed by atoms with Gasteiger partial charge in [-0.3, -0.25) is 4.90 Å². The van der Waals surface area contributed by atoms with E-state index in [2.05, 4.69) is 15.5 Å². The number of hydrogen-bond donors (Lipinski definition) is 3. The summed E-state index contributed by atoms with van der Waals surface area (Å²) < 4.78 is 5.27. The van der Waals surface area contributed by atoms with Crippen molar-refractivity contribution in [1.82, 2.24) is 15.5 Å². The second kappa shape index (κ2) is 9.86. The maximum Gasteiger partial charge on any atom is 0.326 e. The van der Waals surface area contributed by atoms with Crippen LogP contribution in [0.5, 0.6) is 0 Å². The molecule has 1 heterocycles. The Bertz CT molecular complexity index is 337. The van der Waals surface area contributed by atoms with E-state index >= 15 is 0 Å². The van der Waals surface area contributed by atoms with Crippen LogP contribution in [0.25, 0.3) is 0 Å². The van der Waals surface area contributed by atoms with E-state index in [-0.39, 0.29) is 6.04 Å². The third-order valence-corrected chi connectivity index (χ3v) is 3.87. The zero-order valence-electron chi connectivity index (χ0n) is 12.6. The number of carboxylic acids is 1. The predicted molar refractivity (Wildman–Crippen MR) is 82.8 cm³/mol. The summed E-state index contributed by atoms with van der Waals surface area (Å²) >= 11 is 1.56. The summed E-state index contributed by atoms with van der Waals surface area (Å²) in [5, 5.41) is 14.4. The number of thioether (sulfide) groups is 1. The van der Waals surface area contributed by atoms with Crippen molar-refractivity contribution in [3.8, 4) is 0 Å². The quantitative estimate of drug-likeness (QED) is 0.593. The molecule has 7 nitrogen and oxygen atoms in total. The smallest absolute Gasteiger partial charge is 0.326 e. The fourth-order valence-electron chi connectivity index (χ4n) is 2.13. The fourth-order valence-corrected chi connectivity index (χ4v) is 2.60. The number of rotatable bonds is 8. The standard InChI is InChI=1S/C13H25N3O4S/c1-10(9-16-4-6-20-7-5-16)14-13(19)15-11(12(17)18)3-8-21-2/h10-11H,3-9H2,1-2H3,(H,17,18)(H2,14,15,19)/t10?,11-/m0/s1. The molecule has 122 valence electrons. The van der Waals surface area contributed by atoms with E-state index in [1.165, 1.54) is 0 Å². The van der Waals surface area contributed by atoms with E-state index in [4.69, 9.17) is 9.84 Å². The second-order valence-electron chi connectivity index (χ2n) is 5.10. The number of hydrogen-bond acceptors (Lipinski definition) is 5. The SMILES string of the molecule is CSCC[C@H](NC(=O)NC(C)CN1CCOCC1)C(=O)O. The maximum absolute atomic E-state index is 11.8. The van der Waals surface area contributed by atoms with Gasteiger partial charge in [-0.15, -0.1) is 0 Å². The third kappa shape index (κ3) is 7.54. The minimum absolute atomic E-state index is 0.0434. The molecule has 0 aromatic carbocycles. The van der Waals surface area contributed by atoms with Gasteiger partial charge in [0, 0.05) is 25.7 Å². The van der Waals surface area contributed by atoms with Gasteiger partial charge in [-0.2, -0.15) is 11.8 Å². The van der Waals surface area contributed by atoms with Crippen LogP contribution in [-0.4, -0.2) is 78.9 Å². The Morgan fingerprint density at radius 1 is 1.33 bits per heavy atom. The van der Waals surface area contributed by atoms with Crippen LogP contribution in [0.2, 0.25) is 0 Å². The molecule has 0 saturated carbocycles. The summed E-state index contributed by atoms with van der Waals surface area (Å²) in [5.41, 5.74) is 0. The van der Waals surface area contributed by atoms with Crippen molar-refractivity contribution in [2.45, 2.75) is 25.4 Å².